The van der Waals surface area contributed by atoms with Crippen LogP contribution >= 0.6 is 0 Å². The molecular weight excluding hydrogens is 244 g/mol. The molecule has 20 heavy (non-hydrogen) atoms. The Bertz CT molecular complexity index is 281. The van der Waals surface area contributed by atoms with E-state index in [1.54, 1.807) is 0 Å². The first-order valence-corrected chi connectivity index (χ1v) is 9.06. The number of hydrogen-bond acceptors (Lipinski definition) is 2. The van der Waals surface area contributed by atoms with Gasteiger partial charge in [-0.3, -0.25) is 4.90 Å². The van der Waals surface area contributed by atoms with Crippen molar-refractivity contribution in [1.29, 1.82) is 0 Å². The molecule has 1 N–H and O–H groups in total. The smallest absolute Gasteiger partial charge is 0.0252 e. The molecule has 0 aromatic rings. The molecule has 1 heterocycles. The van der Waals surface area contributed by atoms with E-state index in [-0.39, 0.29) is 0 Å². The lowest BCUT2D eigenvalue weighted by molar-refractivity contribution is 0.0614. The van der Waals surface area contributed by atoms with E-state index in [0.717, 1.165) is 18.0 Å². The maximum Gasteiger partial charge on any atom is 0.0252 e. The quantitative estimate of drug-likeness (QED) is 0.789. The first kappa shape index (κ1) is 16.3. The molecule has 118 valence electrons. The summed E-state index contributed by atoms with van der Waals surface area (Å²) in [7, 11) is 0. The second-order valence-corrected chi connectivity index (χ2v) is 7.72. The highest BCUT2D eigenvalue weighted by Crippen LogP contribution is 2.42. The minimum Gasteiger partial charge on any atom is -0.312 e. The zero-order valence-corrected chi connectivity index (χ0v) is 14.3. The first-order valence-electron chi connectivity index (χ1n) is 9.06. The Morgan fingerprint density at radius 1 is 1.10 bits per heavy atom. The number of likely N-dealkylation sites (tertiary alicyclic amines) is 1. The summed E-state index contributed by atoms with van der Waals surface area (Å²) in [6, 6.07) is 1.55. The third kappa shape index (κ3) is 3.76. The molecule has 0 spiro atoms. The molecule has 1 saturated heterocycles. The molecular formula is C18H36N2. The molecule has 2 fully saturated rings. The zero-order chi connectivity index (χ0) is 14.6. The highest BCUT2D eigenvalue weighted by Gasteiger charge is 2.39. The second-order valence-electron chi connectivity index (χ2n) is 7.72. The third-order valence-corrected chi connectivity index (χ3v) is 6.10. The SMILES string of the molecule is CCCNC1CCC(C(C)(C)CC)CC1N1CCCC1. The molecule has 1 saturated carbocycles. The average Bonchev–Trinajstić information content (AvgIpc) is 2.99. The third-order valence-electron chi connectivity index (χ3n) is 6.10. The van der Waals surface area contributed by atoms with Gasteiger partial charge in [-0.05, 0) is 69.5 Å². The molecule has 3 atom stereocenters. The minimum absolute atomic E-state index is 0.522. The van der Waals surface area contributed by atoms with Crippen molar-refractivity contribution >= 4 is 0 Å². The van der Waals surface area contributed by atoms with Gasteiger partial charge in [0.1, 0.15) is 0 Å². The summed E-state index contributed by atoms with van der Waals surface area (Å²) in [6.07, 6.45) is 9.63. The van der Waals surface area contributed by atoms with Crippen molar-refractivity contribution in [1.82, 2.24) is 10.2 Å². The summed E-state index contributed by atoms with van der Waals surface area (Å²) in [5.41, 5.74) is 0.522. The fourth-order valence-corrected chi connectivity index (χ4v) is 4.19. The molecule has 2 nitrogen and oxygen atoms in total. The summed E-state index contributed by atoms with van der Waals surface area (Å²) in [6.45, 7) is 13.5. The van der Waals surface area contributed by atoms with Crippen molar-refractivity contribution in [3.05, 3.63) is 0 Å². The number of nitrogens with one attached hydrogen (secondary N) is 1. The normalized spacial score (nSPS) is 32.7. The van der Waals surface area contributed by atoms with Gasteiger partial charge in [-0.15, -0.1) is 0 Å². The fraction of sp³-hybridized carbons (Fsp3) is 1.00. The van der Waals surface area contributed by atoms with Crippen LogP contribution in [0.25, 0.3) is 0 Å². The molecule has 1 aliphatic carbocycles. The number of rotatable bonds is 6. The molecule has 0 aromatic heterocycles. The largest absolute Gasteiger partial charge is 0.312 e. The Labute approximate surface area is 126 Å². The maximum absolute atomic E-state index is 3.85. The van der Waals surface area contributed by atoms with Crippen molar-refractivity contribution in [3.8, 4) is 0 Å². The van der Waals surface area contributed by atoms with Gasteiger partial charge in [0.25, 0.3) is 0 Å². The molecule has 1 aliphatic heterocycles. The van der Waals surface area contributed by atoms with Gasteiger partial charge >= 0.3 is 0 Å². The maximum atomic E-state index is 3.85. The van der Waals surface area contributed by atoms with Crippen molar-refractivity contribution in [2.75, 3.05) is 19.6 Å². The van der Waals surface area contributed by atoms with Gasteiger partial charge in [0.15, 0.2) is 0 Å². The summed E-state index contributed by atoms with van der Waals surface area (Å²) in [4.78, 5) is 2.80. The molecule has 0 radical (unpaired) electrons. The Hall–Kier alpha value is -0.0800. The van der Waals surface area contributed by atoms with E-state index < -0.39 is 0 Å². The van der Waals surface area contributed by atoms with E-state index in [4.69, 9.17) is 0 Å². The van der Waals surface area contributed by atoms with Crippen molar-refractivity contribution in [3.63, 3.8) is 0 Å². The number of hydrogen-bond donors (Lipinski definition) is 1. The predicted octanol–water partition coefficient (Wildman–Crippen LogP) is 4.06. The Balaban J connectivity index is 2.02. The van der Waals surface area contributed by atoms with E-state index in [2.05, 4.69) is 37.9 Å². The lowest BCUT2D eigenvalue weighted by Gasteiger charge is -2.46. The van der Waals surface area contributed by atoms with Gasteiger partial charge in [-0.2, -0.15) is 0 Å². The molecule has 0 amide bonds. The summed E-state index contributed by atoms with van der Waals surface area (Å²) >= 11 is 0. The van der Waals surface area contributed by atoms with Gasteiger partial charge in [-0.1, -0.05) is 34.1 Å². The van der Waals surface area contributed by atoms with Crippen LogP contribution in [0.15, 0.2) is 0 Å². The topological polar surface area (TPSA) is 15.3 Å². The van der Waals surface area contributed by atoms with Crippen LogP contribution in [0.4, 0.5) is 0 Å². The van der Waals surface area contributed by atoms with Crippen LogP contribution in [0.1, 0.15) is 72.6 Å². The van der Waals surface area contributed by atoms with Gasteiger partial charge in [-0.25, -0.2) is 0 Å². The minimum atomic E-state index is 0.522. The van der Waals surface area contributed by atoms with Crippen LogP contribution in [-0.4, -0.2) is 36.6 Å². The van der Waals surface area contributed by atoms with Crippen LogP contribution in [0.5, 0.6) is 0 Å². The van der Waals surface area contributed by atoms with Crippen LogP contribution in [0.3, 0.4) is 0 Å². The first-order chi connectivity index (χ1) is 9.58. The molecule has 0 aromatic carbocycles. The highest BCUT2D eigenvalue weighted by atomic mass is 15.2. The lowest BCUT2D eigenvalue weighted by atomic mass is 9.67. The summed E-state index contributed by atoms with van der Waals surface area (Å²) in [5.74, 6) is 0.915. The molecule has 2 rings (SSSR count). The van der Waals surface area contributed by atoms with Gasteiger partial charge < -0.3 is 5.32 Å². The average molecular weight is 280 g/mol. The zero-order valence-electron chi connectivity index (χ0n) is 14.3. The van der Waals surface area contributed by atoms with Crippen molar-refractivity contribution in [2.45, 2.75) is 84.7 Å². The van der Waals surface area contributed by atoms with Crippen molar-refractivity contribution in [2.24, 2.45) is 11.3 Å². The Kier molecular flexibility index (Phi) is 5.92. The van der Waals surface area contributed by atoms with Crippen LogP contribution < -0.4 is 5.32 Å². The predicted molar refractivity (Wildman–Crippen MR) is 88.1 cm³/mol. The van der Waals surface area contributed by atoms with E-state index in [1.807, 2.05) is 0 Å². The standard InChI is InChI=1S/C18H36N2/c1-5-11-19-16-10-9-15(18(3,4)6-2)14-17(16)20-12-7-8-13-20/h15-17,19H,5-14H2,1-4H3. The second kappa shape index (κ2) is 7.26. The molecule has 2 heteroatoms. The van der Waals surface area contributed by atoms with Gasteiger partial charge in [0.2, 0.25) is 0 Å². The lowest BCUT2D eigenvalue weighted by Crippen LogP contribution is -2.54. The highest BCUT2D eigenvalue weighted by molar-refractivity contribution is 4.95. The van der Waals surface area contributed by atoms with E-state index >= 15 is 0 Å². The van der Waals surface area contributed by atoms with Crippen LogP contribution in [0.2, 0.25) is 0 Å². The molecule has 2 aliphatic rings. The van der Waals surface area contributed by atoms with Crippen molar-refractivity contribution < 1.29 is 0 Å². The Morgan fingerprint density at radius 3 is 2.40 bits per heavy atom. The number of nitrogens with zero attached hydrogens (tertiary/aromatic N) is 1. The van der Waals surface area contributed by atoms with Gasteiger partial charge in [0, 0.05) is 12.1 Å². The fourth-order valence-electron chi connectivity index (χ4n) is 4.19. The summed E-state index contributed by atoms with van der Waals surface area (Å²) < 4.78 is 0. The molecule has 3 unspecified atom stereocenters. The summed E-state index contributed by atoms with van der Waals surface area (Å²) in [5, 5.41) is 3.85. The Morgan fingerprint density at radius 2 is 1.80 bits per heavy atom. The van der Waals surface area contributed by atoms with E-state index in [9.17, 15) is 0 Å². The van der Waals surface area contributed by atoms with E-state index in [0.29, 0.717) is 5.41 Å². The van der Waals surface area contributed by atoms with Crippen LogP contribution in [-0.2, 0) is 0 Å². The monoisotopic (exact) mass is 280 g/mol. The van der Waals surface area contributed by atoms with E-state index in [1.165, 1.54) is 64.6 Å². The van der Waals surface area contributed by atoms with Crippen LogP contribution in [0, 0.1) is 11.3 Å². The van der Waals surface area contributed by atoms with Gasteiger partial charge in [0.05, 0.1) is 0 Å². The molecule has 0 bridgehead atoms.